The lowest BCUT2D eigenvalue weighted by Gasteiger charge is -2.30. The molecule has 104 valence electrons. The minimum absolute atomic E-state index is 0.0353. The second-order valence-electron chi connectivity index (χ2n) is 4.89. The van der Waals surface area contributed by atoms with E-state index in [1.54, 1.807) is 6.07 Å². The van der Waals surface area contributed by atoms with Crippen LogP contribution in [0.2, 0.25) is 0 Å². The number of hydrogen-bond donors (Lipinski definition) is 2. The molecular formula is C14H21N3O2. The van der Waals surface area contributed by atoms with Gasteiger partial charge in [0.05, 0.1) is 17.9 Å². The van der Waals surface area contributed by atoms with Crippen molar-refractivity contribution in [1.82, 2.24) is 4.90 Å². The van der Waals surface area contributed by atoms with Crippen molar-refractivity contribution in [3.8, 4) is 0 Å². The van der Waals surface area contributed by atoms with Gasteiger partial charge in [0.15, 0.2) is 0 Å². The SMILES string of the molecule is CN(CC(=O)Nc1ccccc1N)C1CCOCC1. The van der Waals surface area contributed by atoms with Crippen LogP contribution < -0.4 is 11.1 Å². The zero-order valence-electron chi connectivity index (χ0n) is 11.3. The van der Waals surface area contributed by atoms with Crippen molar-refractivity contribution in [2.45, 2.75) is 18.9 Å². The Morgan fingerprint density at radius 1 is 1.42 bits per heavy atom. The van der Waals surface area contributed by atoms with Gasteiger partial charge >= 0.3 is 0 Å². The molecule has 0 spiro atoms. The van der Waals surface area contributed by atoms with Crippen molar-refractivity contribution in [3.63, 3.8) is 0 Å². The fourth-order valence-electron chi connectivity index (χ4n) is 2.28. The molecule has 5 nitrogen and oxygen atoms in total. The number of carbonyl (C=O) groups excluding carboxylic acids is 1. The summed E-state index contributed by atoms with van der Waals surface area (Å²) in [5, 5.41) is 2.84. The van der Waals surface area contributed by atoms with E-state index in [1.165, 1.54) is 0 Å². The molecule has 1 aromatic carbocycles. The molecule has 0 atom stereocenters. The average molecular weight is 263 g/mol. The Morgan fingerprint density at radius 3 is 2.79 bits per heavy atom. The van der Waals surface area contributed by atoms with E-state index < -0.39 is 0 Å². The first-order valence-corrected chi connectivity index (χ1v) is 6.59. The van der Waals surface area contributed by atoms with Gasteiger partial charge in [-0.25, -0.2) is 0 Å². The summed E-state index contributed by atoms with van der Waals surface area (Å²) in [6, 6.07) is 7.71. The zero-order valence-corrected chi connectivity index (χ0v) is 11.3. The standard InChI is InChI=1S/C14H21N3O2/c1-17(11-6-8-19-9-7-11)10-14(18)16-13-5-3-2-4-12(13)15/h2-5,11H,6-10,15H2,1H3,(H,16,18). The Kier molecular flexibility index (Phi) is 4.76. The van der Waals surface area contributed by atoms with Crippen molar-refractivity contribution >= 4 is 17.3 Å². The Hall–Kier alpha value is -1.59. The fourth-order valence-corrected chi connectivity index (χ4v) is 2.28. The molecular weight excluding hydrogens is 242 g/mol. The van der Waals surface area contributed by atoms with E-state index in [2.05, 4.69) is 10.2 Å². The van der Waals surface area contributed by atoms with E-state index >= 15 is 0 Å². The minimum Gasteiger partial charge on any atom is -0.397 e. The van der Waals surface area contributed by atoms with E-state index in [-0.39, 0.29) is 5.91 Å². The van der Waals surface area contributed by atoms with Crippen molar-refractivity contribution in [3.05, 3.63) is 24.3 Å². The van der Waals surface area contributed by atoms with Gasteiger partial charge in [0.1, 0.15) is 0 Å². The topological polar surface area (TPSA) is 67.6 Å². The monoisotopic (exact) mass is 263 g/mol. The number of nitrogens with one attached hydrogen (secondary N) is 1. The minimum atomic E-state index is -0.0353. The maximum atomic E-state index is 12.0. The van der Waals surface area contributed by atoms with E-state index in [9.17, 15) is 4.79 Å². The van der Waals surface area contributed by atoms with Gasteiger partial charge in [0.2, 0.25) is 5.91 Å². The molecule has 1 fully saturated rings. The van der Waals surface area contributed by atoms with Crippen LogP contribution in [0.4, 0.5) is 11.4 Å². The molecule has 1 heterocycles. The van der Waals surface area contributed by atoms with Gasteiger partial charge in [0.25, 0.3) is 0 Å². The van der Waals surface area contributed by atoms with Crippen LogP contribution in [0.25, 0.3) is 0 Å². The maximum absolute atomic E-state index is 12.0. The lowest BCUT2D eigenvalue weighted by atomic mass is 10.1. The molecule has 0 unspecified atom stereocenters. The van der Waals surface area contributed by atoms with Crippen molar-refractivity contribution in [2.24, 2.45) is 0 Å². The van der Waals surface area contributed by atoms with Gasteiger partial charge in [-0.1, -0.05) is 12.1 Å². The largest absolute Gasteiger partial charge is 0.397 e. The van der Waals surface area contributed by atoms with Gasteiger partial charge in [-0.05, 0) is 32.0 Å². The molecule has 1 amide bonds. The van der Waals surface area contributed by atoms with Crippen molar-refractivity contribution < 1.29 is 9.53 Å². The summed E-state index contributed by atoms with van der Waals surface area (Å²) in [5.74, 6) is -0.0353. The first-order valence-electron chi connectivity index (χ1n) is 6.59. The molecule has 1 aromatic rings. The molecule has 3 N–H and O–H groups in total. The zero-order chi connectivity index (χ0) is 13.7. The summed E-state index contributed by atoms with van der Waals surface area (Å²) < 4.78 is 5.32. The van der Waals surface area contributed by atoms with E-state index in [1.807, 2.05) is 25.2 Å². The van der Waals surface area contributed by atoms with Crippen LogP contribution in [0.5, 0.6) is 0 Å². The van der Waals surface area contributed by atoms with Crippen LogP contribution in [0.15, 0.2) is 24.3 Å². The number of anilines is 2. The highest BCUT2D eigenvalue weighted by molar-refractivity contribution is 5.95. The number of nitrogen functional groups attached to an aromatic ring is 1. The lowest BCUT2D eigenvalue weighted by molar-refractivity contribution is -0.118. The fraction of sp³-hybridized carbons (Fsp3) is 0.500. The molecule has 1 aliphatic rings. The summed E-state index contributed by atoms with van der Waals surface area (Å²) in [4.78, 5) is 14.1. The number of amides is 1. The van der Waals surface area contributed by atoms with Crippen molar-refractivity contribution in [1.29, 1.82) is 0 Å². The third-order valence-corrected chi connectivity index (χ3v) is 3.44. The highest BCUT2D eigenvalue weighted by atomic mass is 16.5. The number of rotatable bonds is 4. The molecule has 0 saturated carbocycles. The Balaban J connectivity index is 1.85. The first-order chi connectivity index (χ1) is 9.16. The molecule has 19 heavy (non-hydrogen) atoms. The van der Waals surface area contributed by atoms with Gasteiger partial charge < -0.3 is 15.8 Å². The molecule has 0 aliphatic carbocycles. The second-order valence-corrected chi connectivity index (χ2v) is 4.89. The van der Waals surface area contributed by atoms with Crippen LogP contribution in [0.1, 0.15) is 12.8 Å². The van der Waals surface area contributed by atoms with Crippen LogP contribution in [-0.4, -0.2) is 43.7 Å². The van der Waals surface area contributed by atoms with Gasteiger partial charge in [-0.15, -0.1) is 0 Å². The third kappa shape index (κ3) is 3.94. The Morgan fingerprint density at radius 2 is 2.11 bits per heavy atom. The van der Waals surface area contributed by atoms with Crippen molar-refractivity contribution in [2.75, 3.05) is 37.9 Å². The number of benzene rings is 1. The molecule has 0 bridgehead atoms. The number of ether oxygens (including phenoxy) is 1. The molecule has 5 heteroatoms. The number of hydrogen-bond acceptors (Lipinski definition) is 4. The molecule has 2 rings (SSSR count). The van der Waals surface area contributed by atoms with Gasteiger partial charge in [-0.2, -0.15) is 0 Å². The summed E-state index contributed by atoms with van der Waals surface area (Å²) >= 11 is 0. The lowest BCUT2D eigenvalue weighted by Crippen LogP contribution is -2.41. The van der Waals surface area contributed by atoms with E-state index in [4.69, 9.17) is 10.5 Å². The number of nitrogens with two attached hydrogens (primary N) is 1. The summed E-state index contributed by atoms with van der Waals surface area (Å²) in [6.07, 6.45) is 1.97. The molecule has 1 saturated heterocycles. The second kappa shape index (κ2) is 6.54. The number of para-hydroxylation sites is 2. The number of nitrogens with zero attached hydrogens (tertiary/aromatic N) is 1. The third-order valence-electron chi connectivity index (χ3n) is 3.44. The number of carbonyl (C=O) groups is 1. The molecule has 0 radical (unpaired) electrons. The maximum Gasteiger partial charge on any atom is 0.238 e. The quantitative estimate of drug-likeness (QED) is 0.804. The first kappa shape index (κ1) is 13.8. The predicted molar refractivity (Wildman–Crippen MR) is 76.0 cm³/mol. The molecule has 1 aliphatic heterocycles. The van der Waals surface area contributed by atoms with Crippen LogP contribution in [0, 0.1) is 0 Å². The van der Waals surface area contributed by atoms with Gasteiger partial charge in [0, 0.05) is 19.3 Å². The summed E-state index contributed by atoms with van der Waals surface area (Å²) in [5.41, 5.74) is 7.06. The van der Waals surface area contributed by atoms with Gasteiger partial charge in [-0.3, -0.25) is 9.69 Å². The highest BCUT2D eigenvalue weighted by Crippen LogP contribution is 2.17. The normalized spacial score (nSPS) is 16.5. The van der Waals surface area contributed by atoms with Crippen LogP contribution in [0.3, 0.4) is 0 Å². The number of likely N-dealkylation sites (N-methyl/N-ethyl adjacent to an activating group) is 1. The summed E-state index contributed by atoms with van der Waals surface area (Å²) in [6.45, 7) is 1.93. The van der Waals surface area contributed by atoms with Crippen LogP contribution in [-0.2, 0) is 9.53 Å². The smallest absolute Gasteiger partial charge is 0.238 e. The van der Waals surface area contributed by atoms with Crippen LogP contribution >= 0.6 is 0 Å². The Labute approximate surface area is 113 Å². The van der Waals surface area contributed by atoms with E-state index in [0.717, 1.165) is 26.1 Å². The predicted octanol–water partition coefficient (Wildman–Crippen LogP) is 1.32. The average Bonchev–Trinajstić information content (AvgIpc) is 2.42. The Bertz CT molecular complexity index is 430. The highest BCUT2D eigenvalue weighted by Gasteiger charge is 2.20. The molecule has 0 aromatic heterocycles. The summed E-state index contributed by atoms with van der Waals surface area (Å²) in [7, 11) is 1.98. The van der Waals surface area contributed by atoms with E-state index in [0.29, 0.717) is 24.0 Å².